The summed E-state index contributed by atoms with van der Waals surface area (Å²) in [6, 6.07) is 1.92. The van der Waals surface area contributed by atoms with Gasteiger partial charge in [0.05, 0.1) is 18.2 Å². The Morgan fingerprint density at radius 2 is 2.41 bits per heavy atom. The van der Waals surface area contributed by atoms with Crippen molar-refractivity contribution in [3.8, 4) is 0 Å². The summed E-state index contributed by atoms with van der Waals surface area (Å²) in [7, 11) is 1.65. The van der Waals surface area contributed by atoms with Crippen LogP contribution in [0, 0.1) is 0 Å². The molecule has 0 aliphatic heterocycles. The Morgan fingerprint density at radius 1 is 1.53 bits per heavy atom. The van der Waals surface area contributed by atoms with Gasteiger partial charge in [0.25, 0.3) is 0 Å². The lowest BCUT2D eigenvalue weighted by Crippen LogP contribution is -2.14. The van der Waals surface area contributed by atoms with Gasteiger partial charge in [-0.05, 0) is 12.5 Å². The van der Waals surface area contributed by atoms with E-state index in [1.54, 1.807) is 24.0 Å². The molecule has 0 amide bonds. The van der Waals surface area contributed by atoms with Gasteiger partial charge in [-0.3, -0.25) is 0 Å². The first-order valence-corrected chi connectivity index (χ1v) is 5.90. The van der Waals surface area contributed by atoms with E-state index < -0.39 is 0 Å². The number of anilines is 1. The van der Waals surface area contributed by atoms with Gasteiger partial charge >= 0.3 is 0 Å². The molecule has 1 N–H and O–H groups in total. The zero-order valence-corrected chi connectivity index (χ0v) is 10.4. The monoisotopic (exact) mass is 254 g/mol. The Labute approximate surface area is 105 Å². The van der Waals surface area contributed by atoms with Crippen LogP contribution in [0.3, 0.4) is 0 Å². The standard InChI is InChI=1S/C11H15ClN4O/c1-17-8-9(12)2-4-13-11-10-3-5-15-16(10)7-6-14-11/h3,5-7,9H,2,4,8H2,1H3,(H,13,14). The number of alkyl halides is 1. The van der Waals surface area contributed by atoms with Gasteiger partial charge < -0.3 is 10.1 Å². The number of hydrogen-bond donors (Lipinski definition) is 1. The molecule has 0 saturated heterocycles. The second-order valence-corrected chi connectivity index (χ2v) is 4.32. The van der Waals surface area contributed by atoms with Crippen LogP contribution in [-0.4, -0.2) is 40.2 Å². The highest BCUT2D eigenvalue weighted by molar-refractivity contribution is 6.20. The van der Waals surface area contributed by atoms with E-state index in [9.17, 15) is 0 Å². The molecule has 0 aliphatic carbocycles. The Hall–Kier alpha value is -1.33. The van der Waals surface area contributed by atoms with Gasteiger partial charge in [-0.2, -0.15) is 5.10 Å². The van der Waals surface area contributed by atoms with Crippen molar-refractivity contribution in [1.29, 1.82) is 0 Å². The molecule has 0 radical (unpaired) electrons. The van der Waals surface area contributed by atoms with Crippen LogP contribution < -0.4 is 5.32 Å². The maximum atomic E-state index is 6.04. The number of fused-ring (bicyclic) bond motifs is 1. The first-order valence-electron chi connectivity index (χ1n) is 5.46. The third-order valence-electron chi connectivity index (χ3n) is 2.42. The summed E-state index contributed by atoms with van der Waals surface area (Å²) in [5, 5.41) is 7.42. The van der Waals surface area contributed by atoms with Crippen molar-refractivity contribution in [3.63, 3.8) is 0 Å². The molecule has 0 spiro atoms. The summed E-state index contributed by atoms with van der Waals surface area (Å²) < 4.78 is 6.76. The van der Waals surface area contributed by atoms with Gasteiger partial charge in [0, 0.05) is 26.0 Å². The molecule has 1 unspecified atom stereocenters. The average molecular weight is 255 g/mol. The molecule has 5 nitrogen and oxygen atoms in total. The quantitative estimate of drug-likeness (QED) is 0.799. The largest absolute Gasteiger partial charge is 0.383 e. The summed E-state index contributed by atoms with van der Waals surface area (Å²) in [6.45, 7) is 1.32. The van der Waals surface area contributed by atoms with Crippen LogP contribution in [0.4, 0.5) is 5.82 Å². The van der Waals surface area contributed by atoms with Gasteiger partial charge in [-0.25, -0.2) is 9.50 Å². The van der Waals surface area contributed by atoms with Crippen LogP contribution in [-0.2, 0) is 4.74 Å². The third kappa shape index (κ3) is 3.08. The first-order chi connectivity index (χ1) is 8.31. The van der Waals surface area contributed by atoms with Crippen LogP contribution in [0.2, 0.25) is 0 Å². The van der Waals surface area contributed by atoms with Gasteiger partial charge in [0.15, 0.2) is 5.82 Å². The Bertz CT molecular complexity index is 473. The Morgan fingerprint density at radius 3 is 3.24 bits per heavy atom. The molecule has 0 bridgehead atoms. The minimum atomic E-state index is 0.0251. The van der Waals surface area contributed by atoms with Crippen molar-refractivity contribution in [1.82, 2.24) is 14.6 Å². The number of halogens is 1. The molecule has 92 valence electrons. The molecule has 0 aromatic carbocycles. The van der Waals surface area contributed by atoms with E-state index in [0.29, 0.717) is 6.61 Å². The van der Waals surface area contributed by atoms with Crippen molar-refractivity contribution in [3.05, 3.63) is 24.7 Å². The number of nitrogens with zero attached hydrogens (tertiary/aromatic N) is 3. The highest BCUT2D eigenvalue weighted by Gasteiger charge is 2.05. The second kappa shape index (κ2) is 5.84. The smallest absolute Gasteiger partial charge is 0.152 e. The molecule has 2 aromatic rings. The molecule has 2 aromatic heterocycles. The molecule has 6 heteroatoms. The normalized spacial score (nSPS) is 12.8. The molecule has 17 heavy (non-hydrogen) atoms. The molecule has 0 saturated carbocycles. The van der Waals surface area contributed by atoms with Crippen molar-refractivity contribution < 1.29 is 4.74 Å². The van der Waals surface area contributed by atoms with Gasteiger partial charge in [-0.1, -0.05) is 0 Å². The fraction of sp³-hybridized carbons (Fsp3) is 0.455. The van der Waals surface area contributed by atoms with Crippen LogP contribution in [0.1, 0.15) is 6.42 Å². The van der Waals surface area contributed by atoms with E-state index in [4.69, 9.17) is 16.3 Å². The fourth-order valence-corrected chi connectivity index (χ4v) is 1.84. The predicted molar refractivity (Wildman–Crippen MR) is 67.6 cm³/mol. The van der Waals surface area contributed by atoms with Gasteiger partial charge in [0.1, 0.15) is 5.52 Å². The predicted octanol–water partition coefficient (Wildman–Crippen LogP) is 1.79. The van der Waals surface area contributed by atoms with E-state index in [1.807, 2.05) is 12.3 Å². The fourth-order valence-electron chi connectivity index (χ4n) is 1.61. The molecule has 1 atom stereocenters. The van der Waals surface area contributed by atoms with Crippen molar-refractivity contribution >= 4 is 22.9 Å². The summed E-state index contributed by atoms with van der Waals surface area (Å²) in [5.74, 6) is 0.825. The lowest BCUT2D eigenvalue weighted by molar-refractivity contribution is 0.196. The number of nitrogens with one attached hydrogen (secondary N) is 1. The number of methoxy groups -OCH3 is 1. The van der Waals surface area contributed by atoms with E-state index in [-0.39, 0.29) is 5.38 Å². The van der Waals surface area contributed by atoms with Crippen LogP contribution in [0.25, 0.3) is 5.52 Å². The van der Waals surface area contributed by atoms with Crippen LogP contribution >= 0.6 is 11.6 Å². The lowest BCUT2D eigenvalue weighted by atomic mass is 10.3. The molecule has 0 aliphatic rings. The van der Waals surface area contributed by atoms with E-state index in [2.05, 4.69) is 15.4 Å². The van der Waals surface area contributed by atoms with E-state index in [1.165, 1.54) is 0 Å². The zero-order valence-electron chi connectivity index (χ0n) is 9.64. The summed E-state index contributed by atoms with van der Waals surface area (Å²) >= 11 is 6.04. The summed E-state index contributed by atoms with van der Waals surface area (Å²) in [5.41, 5.74) is 0.963. The molecular formula is C11H15ClN4O. The second-order valence-electron chi connectivity index (χ2n) is 3.70. The highest BCUT2D eigenvalue weighted by Crippen LogP contribution is 2.12. The van der Waals surface area contributed by atoms with Gasteiger partial charge in [0.2, 0.25) is 0 Å². The minimum Gasteiger partial charge on any atom is -0.383 e. The minimum absolute atomic E-state index is 0.0251. The number of rotatable bonds is 6. The number of hydrogen-bond acceptors (Lipinski definition) is 4. The van der Waals surface area contributed by atoms with Gasteiger partial charge in [-0.15, -0.1) is 11.6 Å². The topological polar surface area (TPSA) is 51.5 Å². The van der Waals surface area contributed by atoms with Crippen molar-refractivity contribution in [2.24, 2.45) is 0 Å². The van der Waals surface area contributed by atoms with Crippen molar-refractivity contribution in [2.75, 3.05) is 25.6 Å². The maximum absolute atomic E-state index is 6.04. The Kier molecular flexibility index (Phi) is 4.17. The number of ether oxygens (including phenoxy) is 1. The molecular weight excluding hydrogens is 240 g/mol. The lowest BCUT2D eigenvalue weighted by Gasteiger charge is -2.10. The van der Waals surface area contributed by atoms with E-state index >= 15 is 0 Å². The summed E-state index contributed by atoms with van der Waals surface area (Å²) in [6.07, 6.45) is 6.11. The SMILES string of the molecule is COCC(Cl)CCNc1nccn2nccc12. The third-order valence-corrected chi connectivity index (χ3v) is 2.77. The molecule has 2 rings (SSSR count). The zero-order chi connectivity index (χ0) is 12.1. The molecule has 2 heterocycles. The van der Waals surface area contributed by atoms with E-state index in [0.717, 1.165) is 24.3 Å². The number of aromatic nitrogens is 3. The van der Waals surface area contributed by atoms with Crippen LogP contribution in [0.5, 0.6) is 0 Å². The van der Waals surface area contributed by atoms with Crippen molar-refractivity contribution in [2.45, 2.75) is 11.8 Å². The summed E-state index contributed by atoms with van der Waals surface area (Å²) in [4.78, 5) is 4.28. The maximum Gasteiger partial charge on any atom is 0.152 e. The first kappa shape index (κ1) is 12.1. The molecule has 0 fully saturated rings. The highest BCUT2D eigenvalue weighted by atomic mass is 35.5. The average Bonchev–Trinajstić information content (AvgIpc) is 2.78. The Balaban J connectivity index is 1.92. The van der Waals surface area contributed by atoms with Crippen LogP contribution in [0.15, 0.2) is 24.7 Å².